The molecular formula is C16H22N2O2. The van der Waals surface area contributed by atoms with Gasteiger partial charge in [-0.1, -0.05) is 17.7 Å². The van der Waals surface area contributed by atoms with Gasteiger partial charge in [0.25, 0.3) is 0 Å². The van der Waals surface area contributed by atoms with Crippen molar-refractivity contribution in [3.63, 3.8) is 0 Å². The molecule has 4 heteroatoms. The minimum absolute atomic E-state index is 0.113. The van der Waals surface area contributed by atoms with E-state index in [2.05, 4.69) is 4.90 Å². The molecular weight excluding hydrogens is 252 g/mol. The summed E-state index contributed by atoms with van der Waals surface area (Å²) in [6.07, 6.45) is 1.70. The Morgan fingerprint density at radius 2 is 1.95 bits per heavy atom. The van der Waals surface area contributed by atoms with Crippen molar-refractivity contribution in [1.82, 2.24) is 9.80 Å². The van der Waals surface area contributed by atoms with Crippen molar-refractivity contribution in [2.24, 2.45) is 0 Å². The number of benzene rings is 1. The van der Waals surface area contributed by atoms with Gasteiger partial charge < -0.3 is 10.0 Å². The molecule has 1 aliphatic rings. The molecule has 0 unspecified atom stereocenters. The smallest absolute Gasteiger partial charge is 0.246 e. The lowest BCUT2D eigenvalue weighted by Gasteiger charge is -2.34. The summed E-state index contributed by atoms with van der Waals surface area (Å²) >= 11 is 0. The van der Waals surface area contributed by atoms with Gasteiger partial charge in [-0.3, -0.25) is 9.69 Å². The van der Waals surface area contributed by atoms with E-state index in [1.54, 1.807) is 18.2 Å². The Kier molecular flexibility index (Phi) is 4.79. The van der Waals surface area contributed by atoms with E-state index in [1.807, 2.05) is 30.9 Å². The van der Waals surface area contributed by atoms with E-state index in [1.165, 1.54) is 0 Å². The van der Waals surface area contributed by atoms with Gasteiger partial charge in [0.1, 0.15) is 5.75 Å². The summed E-state index contributed by atoms with van der Waals surface area (Å²) in [6, 6.07) is 7.35. The van der Waals surface area contributed by atoms with Crippen LogP contribution in [0.3, 0.4) is 0 Å². The first-order valence-electron chi connectivity index (χ1n) is 6.98. The van der Waals surface area contributed by atoms with E-state index >= 15 is 0 Å². The van der Waals surface area contributed by atoms with Crippen LogP contribution in [0.15, 0.2) is 35.9 Å². The van der Waals surface area contributed by atoms with Crippen molar-refractivity contribution < 1.29 is 9.90 Å². The molecule has 1 aliphatic heterocycles. The van der Waals surface area contributed by atoms with E-state index < -0.39 is 0 Å². The average Bonchev–Trinajstić information content (AvgIpc) is 2.38. The number of carbonyl (C=O) groups is 1. The molecule has 108 valence electrons. The highest BCUT2D eigenvalue weighted by Crippen LogP contribution is 2.14. The first kappa shape index (κ1) is 14.6. The summed E-state index contributed by atoms with van der Waals surface area (Å²) in [5, 5.41) is 9.46. The summed E-state index contributed by atoms with van der Waals surface area (Å²) in [6.45, 7) is 7.98. The highest BCUT2D eigenvalue weighted by atomic mass is 16.3. The normalized spacial score (nSPS) is 16.0. The van der Waals surface area contributed by atoms with Gasteiger partial charge in [-0.2, -0.15) is 0 Å². The van der Waals surface area contributed by atoms with Crippen molar-refractivity contribution in [2.75, 3.05) is 26.2 Å². The fourth-order valence-electron chi connectivity index (χ4n) is 2.38. The number of aromatic hydroxyl groups is 1. The minimum atomic E-state index is 0.113. The first-order chi connectivity index (χ1) is 9.54. The predicted octanol–water partition coefficient (Wildman–Crippen LogP) is 2.00. The molecule has 1 aromatic carbocycles. The molecule has 0 radical (unpaired) electrons. The molecule has 0 bridgehead atoms. The maximum Gasteiger partial charge on any atom is 0.246 e. The fraction of sp³-hybridized carbons (Fsp3) is 0.438. The number of phenolic OH excluding ortho intramolecular Hbond substituents is 1. The number of nitrogens with zero attached hydrogens (tertiary/aromatic N) is 2. The fourth-order valence-corrected chi connectivity index (χ4v) is 2.38. The third kappa shape index (κ3) is 4.10. The number of hydrogen-bond acceptors (Lipinski definition) is 3. The Morgan fingerprint density at radius 1 is 1.25 bits per heavy atom. The molecule has 4 nitrogen and oxygen atoms in total. The molecule has 1 aromatic rings. The molecule has 1 fully saturated rings. The maximum absolute atomic E-state index is 11.9. The lowest BCUT2D eigenvalue weighted by Crippen LogP contribution is -2.47. The van der Waals surface area contributed by atoms with Crippen molar-refractivity contribution >= 4 is 5.91 Å². The van der Waals surface area contributed by atoms with Gasteiger partial charge in [-0.15, -0.1) is 0 Å². The number of phenols is 1. The molecule has 2 rings (SSSR count). The van der Waals surface area contributed by atoms with Gasteiger partial charge in [-0.05, 0) is 31.5 Å². The van der Waals surface area contributed by atoms with Gasteiger partial charge in [0.15, 0.2) is 0 Å². The Hall–Kier alpha value is -1.81. The van der Waals surface area contributed by atoms with Crippen molar-refractivity contribution in [3.05, 3.63) is 41.5 Å². The molecule has 0 atom stereocenters. The number of amides is 1. The SMILES string of the molecule is CC(C)=CC(=O)N1CCN(Cc2cccc(O)c2)CC1. The number of piperazine rings is 1. The van der Waals surface area contributed by atoms with Crippen molar-refractivity contribution in [3.8, 4) is 5.75 Å². The third-order valence-electron chi connectivity index (χ3n) is 3.41. The second kappa shape index (κ2) is 6.57. The van der Waals surface area contributed by atoms with E-state index in [0.29, 0.717) is 5.75 Å². The number of hydrogen-bond donors (Lipinski definition) is 1. The van der Waals surface area contributed by atoms with Crippen LogP contribution in [0.1, 0.15) is 19.4 Å². The average molecular weight is 274 g/mol. The summed E-state index contributed by atoms with van der Waals surface area (Å²) in [4.78, 5) is 16.1. The third-order valence-corrected chi connectivity index (χ3v) is 3.41. The zero-order valence-electron chi connectivity index (χ0n) is 12.2. The van der Waals surface area contributed by atoms with Crippen LogP contribution in [0.25, 0.3) is 0 Å². The predicted molar refractivity (Wildman–Crippen MR) is 79.4 cm³/mol. The first-order valence-corrected chi connectivity index (χ1v) is 6.98. The number of carbonyl (C=O) groups excluding carboxylic acids is 1. The van der Waals surface area contributed by atoms with Gasteiger partial charge in [0.05, 0.1) is 0 Å². The Balaban J connectivity index is 1.85. The highest BCUT2D eigenvalue weighted by molar-refractivity contribution is 5.88. The molecule has 1 saturated heterocycles. The van der Waals surface area contributed by atoms with Crippen molar-refractivity contribution in [1.29, 1.82) is 0 Å². The lowest BCUT2D eigenvalue weighted by molar-refractivity contribution is -0.127. The molecule has 20 heavy (non-hydrogen) atoms. The molecule has 1 amide bonds. The van der Waals surface area contributed by atoms with E-state index in [0.717, 1.165) is 43.9 Å². The summed E-state index contributed by atoms with van der Waals surface area (Å²) < 4.78 is 0. The molecule has 1 heterocycles. The molecule has 0 aliphatic carbocycles. The second-order valence-electron chi connectivity index (χ2n) is 5.49. The van der Waals surface area contributed by atoms with E-state index in [-0.39, 0.29) is 5.91 Å². The summed E-state index contributed by atoms with van der Waals surface area (Å²) in [5.74, 6) is 0.418. The molecule has 0 aromatic heterocycles. The standard InChI is InChI=1S/C16H22N2O2/c1-13(2)10-16(20)18-8-6-17(7-9-18)12-14-4-3-5-15(19)11-14/h3-5,10-11,19H,6-9,12H2,1-2H3. The van der Waals surface area contributed by atoms with E-state index in [4.69, 9.17) is 0 Å². The van der Waals surface area contributed by atoms with E-state index in [9.17, 15) is 9.90 Å². The van der Waals surface area contributed by atoms with Crippen LogP contribution in [-0.2, 0) is 11.3 Å². The quantitative estimate of drug-likeness (QED) is 0.857. The van der Waals surface area contributed by atoms with Crippen LogP contribution < -0.4 is 0 Å². The molecule has 0 saturated carbocycles. The van der Waals surface area contributed by atoms with Crippen molar-refractivity contribution in [2.45, 2.75) is 20.4 Å². The monoisotopic (exact) mass is 274 g/mol. The van der Waals surface area contributed by atoms with Crippen LogP contribution in [0, 0.1) is 0 Å². The number of rotatable bonds is 3. The number of allylic oxidation sites excluding steroid dienone is 1. The van der Waals surface area contributed by atoms with Crippen LogP contribution in [0.5, 0.6) is 5.75 Å². The lowest BCUT2D eigenvalue weighted by atomic mass is 10.2. The Morgan fingerprint density at radius 3 is 2.55 bits per heavy atom. The zero-order chi connectivity index (χ0) is 14.5. The zero-order valence-corrected chi connectivity index (χ0v) is 12.2. The van der Waals surface area contributed by atoms with Crippen LogP contribution in [0.4, 0.5) is 0 Å². The van der Waals surface area contributed by atoms with Crippen LogP contribution >= 0.6 is 0 Å². The largest absolute Gasteiger partial charge is 0.508 e. The second-order valence-corrected chi connectivity index (χ2v) is 5.49. The van der Waals surface area contributed by atoms with Gasteiger partial charge in [0.2, 0.25) is 5.91 Å². The van der Waals surface area contributed by atoms with Crippen LogP contribution in [-0.4, -0.2) is 47.0 Å². The van der Waals surface area contributed by atoms with Gasteiger partial charge in [-0.25, -0.2) is 0 Å². The Labute approximate surface area is 120 Å². The highest BCUT2D eigenvalue weighted by Gasteiger charge is 2.19. The van der Waals surface area contributed by atoms with Gasteiger partial charge >= 0.3 is 0 Å². The topological polar surface area (TPSA) is 43.8 Å². The Bertz CT molecular complexity index is 499. The summed E-state index contributed by atoms with van der Waals surface area (Å²) in [7, 11) is 0. The molecule has 1 N–H and O–H groups in total. The molecule has 0 spiro atoms. The maximum atomic E-state index is 11.9. The summed E-state index contributed by atoms with van der Waals surface area (Å²) in [5.41, 5.74) is 2.14. The van der Waals surface area contributed by atoms with Gasteiger partial charge in [0, 0.05) is 38.8 Å². The van der Waals surface area contributed by atoms with Crippen LogP contribution in [0.2, 0.25) is 0 Å². The minimum Gasteiger partial charge on any atom is -0.508 e.